The molecular weight excluding hydrogens is 420 g/mol. The number of hydrogen-bond donors (Lipinski definition) is 1. The average Bonchev–Trinajstić information content (AvgIpc) is 2.37. The molecule has 0 amide bonds. The molecule has 100 valence electrons. The highest BCUT2D eigenvalue weighted by Gasteiger charge is 2.15. The van der Waals surface area contributed by atoms with Crippen LogP contribution in [-0.2, 0) is 0 Å². The first-order chi connectivity index (χ1) is 8.90. The molecule has 4 heteroatoms. The monoisotopic (exact) mass is 433 g/mol. The van der Waals surface area contributed by atoms with E-state index in [2.05, 4.69) is 38.5 Å². The molecule has 0 saturated carbocycles. The summed E-state index contributed by atoms with van der Waals surface area (Å²) in [7, 11) is 0. The smallest absolute Gasteiger partial charge is 0.129 e. The Bertz CT molecular complexity index is 605. The number of rotatable bonds is 2. The molecule has 1 atom stereocenters. The molecule has 1 nitrogen and oxygen atoms in total. The highest BCUT2D eigenvalue weighted by molar-refractivity contribution is 14.1. The molecule has 0 aliphatic carbocycles. The fourth-order valence-electron chi connectivity index (χ4n) is 2.09. The van der Waals surface area contributed by atoms with Crippen molar-refractivity contribution in [1.82, 2.24) is 0 Å². The third-order valence-electron chi connectivity index (χ3n) is 3.11. The molecule has 0 aliphatic rings. The normalized spacial score (nSPS) is 12.5. The van der Waals surface area contributed by atoms with Gasteiger partial charge in [0, 0.05) is 8.04 Å². The van der Waals surface area contributed by atoms with Gasteiger partial charge in [-0.3, -0.25) is 0 Å². The minimum absolute atomic E-state index is 0.153. The van der Waals surface area contributed by atoms with Gasteiger partial charge in [0.2, 0.25) is 0 Å². The standard InChI is InChI=1S/C15H14BrFIN/c1-8-5-10(6-9(2)14(8)17)15(19)12-7-11(16)3-4-13(12)18/h3-7,15H,19H2,1-2H3. The van der Waals surface area contributed by atoms with Gasteiger partial charge in [0.25, 0.3) is 0 Å². The summed E-state index contributed by atoms with van der Waals surface area (Å²) in [6, 6.07) is 9.42. The van der Waals surface area contributed by atoms with E-state index in [4.69, 9.17) is 5.73 Å². The lowest BCUT2D eigenvalue weighted by atomic mass is 9.96. The summed E-state index contributed by atoms with van der Waals surface area (Å²) in [6.45, 7) is 3.54. The summed E-state index contributed by atoms with van der Waals surface area (Å²) >= 11 is 5.73. The number of halogens is 3. The lowest BCUT2D eigenvalue weighted by molar-refractivity contribution is 0.607. The summed E-state index contributed by atoms with van der Waals surface area (Å²) in [5.74, 6) is -0.153. The Morgan fingerprint density at radius 1 is 1.16 bits per heavy atom. The van der Waals surface area contributed by atoms with Crippen molar-refractivity contribution >= 4 is 38.5 Å². The first-order valence-corrected chi connectivity index (χ1v) is 7.74. The third-order valence-corrected chi connectivity index (χ3v) is 4.59. The van der Waals surface area contributed by atoms with Crippen LogP contribution in [0.1, 0.15) is 28.3 Å². The van der Waals surface area contributed by atoms with Gasteiger partial charge in [0.15, 0.2) is 0 Å². The summed E-state index contributed by atoms with van der Waals surface area (Å²) in [6.07, 6.45) is 0. The van der Waals surface area contributed by atoms with Crippen molar-refractivity contribution < 1.29 is 4.39 Å². The van der Waals surface area contributed by atoms with Gasteiger partial charge in [0.05, 0.1) is 6.04 Å². The Morgan fingerprint density at radius 3 is 2.32 bits per heavy atom. The first-order valence-electron chi connectivity index (χ1n) is 5.87. The molecule has 19 heavy (non-hydrogen) atoms. The van der Waals surface area contributed by atoms with Crippen molar-refractivity contribution in [1.29, 1.82) is 0 Å². The second kappa shape index (κ2) is 5.89. The van der Waals surface area contributed by atoms with Crippen LogP contribution in [0.5, 0.6) is 0 Å². The average molecular weight is 434 g/mol. The van der Waals surface area contributed by atoms with Crippen molar-refractivity contribution in [2.45, 2.75) is 19.9 Å². The molecule has 0 spiro atoms. The maximum Gasteiger partial charge on any atom is 0.129 e. The predicted octanol–water partition coefficient (Wildman–Crippen LogP) is 4.86. The summed E-state index contributed by atoms with van der Waals surface area (Å²) in [5.41, 5.74) is 9.57. The van der Waals surface area contributed by atoms with Gasteiger partial charge in [-0.2, -0.15) is 0 Å². The molecule has 2 N–H and O–H groups in total. The van der Waals surface area contributed by atoms with E-state index in [1.165, 1.54) is 0 Å². The minimum Gasteiger partial charge on any atom is -0.320 e. The molecule has 0 bridgehead atoms. The minimum atomic E-state index is -0.248. The van der Waals surface area contributed by atoms with E-state index in [9.17, 15) is 4.39 Å². The van der Waals surface area contributed by atoms with Gasteiger partial charge in [0.1, 0.15) is 5.82 Å². The third kappa shape index (κ3) is 3.17. The van der Waals surface area contributed by atoms with E-state index in [0.29, 0.717) is 11.1 Å². The van der Waals surface area contributed by atoms with E-state index < -0.39 is 0 Å². The van der Waals surface area contributed by atoms with E-state index in [0.717, 1.165) is 19.2 Å². The molecular formula is C15H14BrFIN. The second-order valence-corrected chi connectivity index (χ2v) is 6.69. The molecule has 0 heterocycles. The molecule has 0 aliphatic heterocycles. The number of aryl methyl sites for hydroxylation is 2. The second-order valence-electron chi connectivity index (χ2n) is 4.61. The van der Waals surface area contributed by atoms with E-state index >= 15 is 0 Å². The van der Waals surface area contributed by atoms with Crippen molar-refractivity contribution in [3.8, 4) is 0 Å². The van der Waals surface area contributed by atoms with Crippen LogP contribution in [0.15, 0.2) is 34.8 Å². The Balaban J connectivity index is 2.49. The zero-order valence-electron chi connectivity index (χ0n) is 10.7. The first kappa shape index (κ1) is 14.9. The maximum atomic E-state index is 13.7. The van der Waals surface area contributed by atoms with Crippen LogP contribution in [0.3, 0.4) is 0 Å². The zero-order chi connectivity index (χ0) is 14.2. The molecule has 2 aromatic rings. The number of nitrogens with two attached hydrogens (primary N) is 1. The van der Waals surface area contributed by atoms with Gasteiger partial charge in [-0.15, -0.1) is 0 Å². The fourth-order valence-corrected chi connectivity index (χ4v) is 3.14. The van der Waals surface area contributed by atoms with E-state index in [1.54, 1.807) is 13.8 Å². The van der Waals surface area contributed by atoms with Crippen molar-refractivity contribution in [2.75, 3.05) is 0 Å². The summed E-state index contributed by atoms with van der Waals surface area (Å²) in [5, 5.41) is 0. The van der Waals surface area contributed by atoms with Gasteiger partial charge >= 0.3 is 0 Å². The molecule has 0 fully saturated rings. The van der Waals surface area contributed by atoms with Gasteiger partial charge in [-0.1, -0.05) is 28.1 Å². The SMILES string of the molecule is Cc1cc(C(N)c2cc(Br)ccc2I)cc(C)c1F. The highest BCUT2D eigenvalue weighted by Crippen LogP contribution is 2.29. The number of hydrogen-bond acceptors (Lipinski definition) is 1. The molecule has 2 aromatic carbocycles. The Hall–Kier alpha value is -0.460. The van der Waals surface area contributed by atoms with Gasteiger partial charge < -0.3 is 5.73 Å². The van der Waals surface area contributed by atoms with E-state index in [1.807, 2.05) is 30.3 Å². The van der Waals surface area contributed by atoms with E-state index in [-0.39, 0.29) is 11.9 Å². The molecule has 0 aromatic heterocycles. The maximum absolute atomic E-state index is 13.7. The summed E-state index contributed by atoms with van der Waals surface area (Å²) in [4.78, 5) is 0. The van der Waals surface area contributed by atoms with Crippen LogP contribution in [0.2, 0.25) is 0 Å². The van der Waals surface area contributed by atoms with Crippen molar-refractivity contribution in [2.24, 2.45) is 5.73 Å². The highest BCUT2D eigenvalue weighted by atomic mass is 127. The lowest BCUT2D eigenvalue weighted by Gasteiger charge is -2.17. The zero-order valence-corrected chi connectivity index (χ0v) is 14.4. The van der Waals surface area contributed by atoms with Crippen LogP contribution in [0, 0.1) is 23.2 Å². The van der Waals surface area contributed by atoms with Crippen molar-refractivity contribution in [3.63, 3.8) is 0 Å². The Morgan fingerprint density at radius 2 is 1.74 bits per heavy atom. The molecule has 0 radical (unpaired) electrons. The van der Waals surface area contributed by atoms with Crippen LogP contribution in [0.4, 0.5) is 4.39 Å². The quantitative estimate of drug-likeness (QED) is 0.672. The molecule has 1 unspecified atom stereocenters. The molecule has 0 saturated heterocycles. The predicted molar refractivity (Wildman–Crippen MR) is 88.8 cm³/mol. The van der Waals surface area contributed by atoms with Crippen molar-refractivity contribution in [3.05, 3.63) is 66.4 Å². The van der Waals surface area contributed by atoms with Crippen LogP contribution in [-0.4, -0.2) is 0 Å². The molecule has 2 rings (SSSR count). The van der Waals surface area contributed by atoms with Crippen LogP contribution in [0.25, 0.3) is 0 Å². The van der Waals surface area contributed by atoms with Gasteiger partial charge in [-0.05, 0) is 76.9 Å². The topological polar surface area (TPSA) is 26.0 Å². The fraction of sp³-hybridized carbons (Fsp3) is 0.200. The largest absolute Gasteiger partial charge is 0.320 e. The Labute approximate surface area is 134 Å². The number of benzene rings is 2. The van der Waals surface area contributed by atoms with Gasteiger partial charge in [-0.25, -0.2) is 4.39 Å². The van der Waals surface area contributed by atoms with Crippen LogP contribution < -0.4 is 5.73 Å². The summed E-state index contributed by atoms with van der Waals surface area (Å²) < 4.78 is 15.8. The van der Waals surface area contributed by atoms with Crippen LogP contribution >= 0.6 is 38.5 Å². The lowest BCUT2D eigenvalue weighted by Crippen LogP contribution is -2.14. The Kier molecular flexibility index (Phi) is 4.63.